The van der Waals surface area contributed by atoms with Gasteiger partial charge in [-0.1, -0.05) is 13.3 Å². The molecule has 1 aliphatic heterocycles. The molecule has 0 aliphatic carbocycles. The van der Waals surface area contributed by atoms with Gasteiger partial charge < -0.3 is 10.6 Å². The second-order valence-corrected chi connectivity index (χ2v) is 4.77. The van der Waals surface area contributed by atoms with E-state index in [0.29, 0.717) is 18.2 Å². The van der Waals surface area contributed by atoms with Crippen molar-refractivity contribution in [2.24, 2.45) is 11.7 Å². The molecule has 1 heterocycles. The molecule has 2 nitrogen and oxygen atoms in total. The van der Waals surface area contributed by atoms with Crippen LogP contribution in [-0.4, -0.2) is 19.1 Å². The lowest BCUT2D eigenvalue weighted by Gasteiger charge is -2.37. The van der Waals surface area contributed by atoms with Crippen molar-refractivity contribution in [2.45, 2.75) is 25.8 Å². The molecule has 0 spiro atoms. The average Bonchev–Trinajstić information content (AvgIpc) is 2.31. The fourth-order valence-electron chi connectivity index (χ4n) is 2.47. The topological polar surface area (TPSA) is 29.3 Å². The molecule has 0 amide bonds. The Labute approximate surface area is 100 Å². The molecule has 94 valence electrons. The van der Waals surface area contributed by atoms with Crippen LogP contribution in [0.5, 0.6) is 0 Å². The molecule has 2 atom stereocenters. The summed E-state index contributed by atoms with van der Waals surface area (Å²) in [6.45, 7) is 3.45. The standard InChI is InChI=1S/C13H18F2N2/c1-2-9-5-11(16)8-17(7-9)13-6-10(14)3-4-12(13)15/h3-4,6,9,11H,2,5,7-8,16H2,1H3. The van der Waals surface area contributed by atoms with Crippen molar-refractivity contribution in [3.05, 3.63) is 29.8 Å². The van der Waals surface area contributed by atoms with E-state index in [-0.39, 0.29) is 11.9 Å². The minimum absolute atomic E-state index is 0.0383. The van der Waals surface area contributed by atoms with E-state index in [1.165, 1.54) is 12.1 Å². The summed E-state index contributed by atoms with van der Waals surface area (Å²) in [5, 5.41) is 0. The fourth-order valence-corrected chi connectivity index (χ4v) is 2.47. The smallest absolute Gasteiger partial charge is 0.146 e. The summed E-state index contributed by atoms with van der Waals surface area (Å²) in [7, 11) is 0. The van der Waals surface area contributed by atoms with E-state index in [1.807, 2.05) is 4.90 Å². The largest absolute Gasteiger partial charge is 0.367 e. The van der Waals surface area contributed by atoms with E-state index < -0.39 is 5.82 Å². The Kier molecular flexibility index (Phi) is 3.62. The molecule has 0 bridgehead atoms. The Morgan fingerprint density at radius 1 is 1.35 bits per heavy atom. The van der Waals surface area contributed by atoms with Crippen molar-refractivity contribution in [3.63, 3.8) is 0 Å². The molecule has 4 heteroatoms. The fraction of sp³-hybridized carbons (Fsp3) is 0.538. The van der Waals surface area contributed by atoms with Crippen molar-refractivity contribution in [1.82, 2.24) is 0 Å². The Bertz CT molecular complexity index is 395. The van der Waals surface area contributed by atoms with Crippen LogP contribution in [0.25, 0.3) is 0 Å². The number of piperidine rings is 1. The molecular weight excluding hydrogens is 222 g/mol. The lowest BCUT2D eigenvalue weighted by Crippen LogP contribution is -2.47. The molecule has 2 unspecified atom stereocenters. The summed E-state index contributed by atoms with van der Waals surface area (Å²) >= 11 is 0. The van der Waals surface area contributed by atoms with E-state index in [1.54, 1.807) is 0 Å². The Balaban J connectivity index is 2.23. The van der Waals surface area contributed by atoms with Crippen LogP contribution in [0.15, 0.2) is 18.2 Å². The van der Waals surface area contributed by atoms with Gasteiger partial charge in [-0.25, -0.2) is 8.78 Å². The van der Waals surface area contributed by atoms with E-state index >= 15 is 0 Å². The molecule has 1 fully saturated rings. The molecule has 0 saturated carbocycles. The summed E-state index contributed by atoms with van der Waals surface area (Å²) in [6, 6.07) is 3.60. The molecule has 1 aromatic rings. The Morgan fingerprint density at radius 3 is 2.82 bits per heavy atom. The predicted octanol–water partition coefficient (Wildman–Crippen LogP) is 2.53. The van der Waals surface area contributed by atoms with Crippen molar-refractivity contribution in [3.8, 4) is 0 Å². The van der Waals surface area contributed by atoms with Crippen molar-refractivity contribution >= 4 is 5.69 Å². The second-order valence-electron chi connectivity index (χ2n) is 4.77. The van der Waals surface area contributed by atoms with Gasteiger partial charge in [0.15, 0.2) is 0 Å². The van der Waals surface area contributed by atoms with Gasteiger partial charge in [-0.15, -0.1) is 0 Å². The van der Waals surface area contributed by atoms with Crippen molar-refractivity contribution in [1.29, 1.82) is 0 Å². The zero-order valence-electron chi connectivity index (χ0n) is 10.00. The van der Waals surface area contributed by atoms with Crippen LogP contribution in [0.4, 0.5) is 14.5 Å². The van der Waals surface area contributed by atoms with Crippen molar-refractivity contribution < 1.29 is 8.78 Å². The van der Waals surface area contributed by atoms with Gasteiger partial charge in [0.25, 0.3) is 0 Å². The number of halogens is 2. The van der Waals surface area contributed by atoms with Gasteiger partial charge in [0.2, 0.25) is 0 Å². The molecule has 1 aliphatic rings. The number of anilines is 1. The first-order valence-corrected chi connectivity index (χ1v) is 6.05. The highest BCUT2D eigenvalue weighted by atomic mass is 19.1. The first kappa shape index (κ1) is 12.3. The number of nitrogens with two attached hydrogens (primary N) is 1. The molecule has 1 saturated heterocycles. The zero-order chi connectivity index (χ0) is 12.4. The van der Waals surface area contributed by atoms with Crippen LogP contribution >= 0.6 is 0 Å². The zero-order valence-corrected chi connectivity index (χ0v) is 10.00. The lowest BCUT2D eigenvalue weighted by atomic mass is 9.92. The van der Waals surface area contributed by atoms with Gasteiger partial charge in [0.1, 0.15) is 11.6 Å². The monoisotopic (exact) mass is 240 g/mol. The van der Waals surface area contributed by atoms with Crippen LogP contribution in [-0.2, 0) is 0 Å². The Morgan fingerprint density at radius 2 is 2.12 bits per heavy atom. The molecule has 2 rings (SSSR count). The summed E-state index contributed by atoms with van der Waals surface area (Å²) in [4.78, 5) is 1.86. The highest BCUT2D eigenvalue weighted by Crippen LogP contribution is 2.27. The van der Waals surface area contributed by atoms with Crippen LogP contribution in [0.1, 0.15) is 19.8 Å². The van der Waals surface area contributed by atoms with Crippen LogP contribution in [0.3, 0.4) is 0 Å². The van der Waals surface area contributed by atoms with Gasteiger partial charge >= 0.3 is 0 Å². The number of rotatable bonds is 2. The van der Waals surface area contributed by atoms with Gasteiger partial charge in [0, 0.05) is 25.2 Å². The summed E-state index contributed by atoms with van der Waals surface area (Å²) < 4.78 is 26.8. The van der Waals surface area contributed by atoms with Gasteiger partial charge in [-0.05, 0) is 24.5 Å². The predicted molar refractivity (Wildman–Crippen MR) is 64.9 cm³/mol. The minimum Gasteiger partial charge on any atom is -0.367 e. The molecule has 0 aromatic heterocycles. The number of hydrogen-bond acceptors (Lipinski definition) is 2. The summed E-state index contributed by atoms with van der Waals surface area (Å²) in [5.74, 6) is -0.328. The van der Waals surface area contributed by atoms with E-state index in [2.05, 4.69) is 6.92 Å². The average molecular weight is 240 g/mol. The van der Waals surface area contributed by atoms with E-state index in [0.717, 1.165) is 25.5 Å². The highest BCUT2D eigenvalue weighted by Gasteiger charge is 2.25. The number of benzene rings is 1. The lowest BCUT2D eigenvalue weighted by molar-refractivity contribution is 0.365. The number of nitrogens with zero attached hydrogens (tertiary/aromatic N) is 1. The van der Waals surface area contributed by atoms with Gasteiger partial charge in [-0.2, -0.15) is 0 Å². The van der Waals surface area contributed by atoms with Crippen LogP contribution in [0.2, 0.25) is 0 Å². The highest BCUT2D eigenvalue weighted by molar-refractivity contribution is 5.48. The van der Waals surface area contributed by atoms with Crippen LogP contribution < -0.4 is 10.6 Å². The van der Waals surface area contributed by atoms with Crippen LogP contribution in [0, 0.1) is 17.6 Å². The molecular formula is C13H18F2N2. The van der Waals surface area contributed by atoms with E-state index in [4.69, 9.17) is 5.73 Å². The molecule has 0 radical (unpaired) electrons. The van der Waals surface area contributed by atoms with Crippen molar-refractivity contribution in [2.75, 3.05) is 18.0 Å². The SMILES string of the molecule is CCC1CC(N)CN(c2cc(F)ccc2F)C1. The number of hydrogen-bond donors (Lipinski definition) is 1. The molecule has 1 aromatic carbocycles. The Hall–Kier alpha value is -1.16. The maximum Gasteiger partial charge on any atom is 0.146 e. The third-order valence-electron chi connectivity index (χ3n) is 3.40. The molecule has 2 N–H and O–H groups in total. The molecule has 17 heavy (non-hydrogen) atoms. The van der Waals surface area contributed by atoms with E-state index in [9.17, 15) is 8.78 Å². The first-order chi connectivity index (χ1) is 8.10. The van der Waals surface area contributed by atoms with Gasteiger partial charge in [-0.3, -0.25) is 0 Å². The second kappa shape index (κ2) is 5.00. The summed E-state index contributed by atoms with van der Waals surface area (Å²) in [5.41, 5.74) is 6.29. The third-order valence-corrected chi connectivity index (χ3v) is 3.40. The first-order valence-electron chi connectivity index (χ1n) is 6.05. The normalized spacial score (nSPS) is 25.1. The summed E-state index contributed by atoms with van der Waals surface area (Å²) in [6.07, 6.45) is 1.98. The maximum absolute atomic E-state index is 13.7. The quantitative estimate of drug-likeness (QED) is 0.860. The maximum atomic E-state index is 13.7. The van der Waals surface area contributed by atoms with Gasteiger partial charge in [0.05, 0.1) is 5.69 Å². The third kappa shape index (κ3) is 2.75. The minimum atomic E-state index is -0.409.